The first-order valence-electron chi connectivity index (χ1n) is 10.5. The number of hydrogen-bond donors (Lipinski definition) is 0. The number of nitrogens with zero attached hydrogens (tertiary/aromatic N) is 4. The normalized spacial score (nSPS) is 22.8. The van der Waals surface area contributed by atoms with Crippen LogP contribution in [0.1, 0.15) is 50.3 Å². The van der Waals surface area contributed by atoms with E-state index in [1.807, 2.05) is 24.4 Å². The van der Waals surface area contributed by atoms with Gasteiger partial charge < -0.3 is 14.4 Å². The van der Waals surface area contributed by atoms with Gasteiger partial charge in [-0.3, -0.25) is 4.98 Å². The fourth-order valence-electron chi connectivity index (χ4n) is 4.86. The Labute approximate surface area is 172 Å². The maximum atomic E-state index is 6.76. The van der Waals surface area contributed by atoms with Crippen LogP contribution in [0, 0.1) is 0 Å². The molecule has 0 unspecified atom stereocenters. The van der Waals surface area contributed by atoms with Gasteiger partial charge in [-0.25, -0.2) is 5.01 Å². The average molecular weight is 393 g/mol. The van der Waals surface area contributed by atoms with Crippen molar-refractivity contribution in [2.75, 3.05) is 20.2 Å². The molecule has 29 heavy (non-hydrogen) atoms. The van der Waals surface area contributed by atoms with E-state index < -0.39 is 5.72 Å². The number of rotatable bonds is 3. The first-order chi connectivity index (χ1) is 14.1. The second-order valence-corrected chi connectivity index (χ2v) is 8.41. The number of hydrazone groups is 1. The summed E-state index contributed by atoms with van der Waals surface area (Å²) in [4.78, 5) is 6.81. The molecule has 4 heterocycles. The lowest BCUT2D eigenvalue weighted by atomic mass is 9.90. The number of piperidine rings is 1. The lowest BCUT2D eigenvalue weighted by molar-refractivity contribution is -0.153. The zero-order chi connectivity index (χ0) is 20.0. The molecule has 5 rings (SSSR count). The maximum absolute atomic E-state index is 6.76. The van der Waals surface area contributed by atoms with Crippen molar-refractivity contribution < 1.29 is 9.47 Å². The highest BCUT2D eigenvalue weighted by Crippen LogP contribution is 2.52. The van der Waals surface area contributed by atoms with Gasteiger partial charge in [0, 0.05) is 61.9 Å². The van der Waals surface area contributed by atoms with Crippen LogP contribution < -0.4 is 9.47 Å². The number of aromatic nitrogens is 1. The van der Waals surface area contributed by atoms with Gasteiger partial charge in [0.05, 0.1) is 18.9 Å². The Bertz CT molecular complexity index is 920. The van der Waals surface area contributed by atoms with Crippen molar-refractivity contribution in [2.45, 2.75) is 50.9 Å². The molecule has 1 aromatic carbocycles. The van der Waals surface area contributed by atoms with Crippen LogP contribution in [0.2, 0.25) is 0 Å². The number of para-hydroxylation sites is 1. The summed E-state index contributed by atoms with van der Waals surface area (Å²) in [5.41, 5.74) is 2.89. The molecule has 0 N–H and O–H groups in total. The number of likely N-dealkylation sites (tertiary alicyclic amines) is 1. The molecule has 1 spiro atoms. The summed E-state index contributed by atoms with van der Waals surface area (Å²) in [6.07, 6.45) is 6.40. The molecule has 2 aromatic rings. The predicted octanol–water partition coefficient (Wildman–Crippen LogP) is 3.83. The molecule has 0 aliphatic carbocycles. The zero-order valence-electron chi connectivity index (χ0n) is 17.3. The third kappa shape index (κ3) is 2.97. The predicted molar refractivity (Wildman–Crippen MR) is 112 cm³/mol. The minimum atomic E-state index is -0.429. The van der Waals surface area contributed by atoms with E-state index >= 15 is 0 Å². The Hall–Kier alpha value is -2.60. The molecule has 0 saturated carbocycles. The van der Waals surface area contributed by atoms with Gasteiger partial charge in [-0.05, 0) is 26.0 Å². The minimum Gasteiger partial charge on any atom is -0.493 e. The van der Waals surface area contributed by atoms with Gasteiger partial charge in [0.25, 0.3) is 0 Å². The number of methoxy groups -OCH3 is 1. The van der Waals surface area contributed by atoms with Gasteiger partial charge in [0.1, 0.15) is 0 Å². The number of pyridine rings is 1. The highest BCUT2D eigenvalue weighted by Gasteiger charge is 2.52. The molecule has 6 heteroatoms. The molecule has 3 aliphatic rings. The number of benzene rings is 1. The van der Waals surface area contributed by atoms with E-state index in [0.717, 1.165) is 60.7 Å². The fourth-order valence-corrected chi connectivity index (χ4v) is 4.86. The van der Waals surface area contributed by atoms with E-state index in [4.69, 9.17) is 14.6 Å². The quantitative estimate of drug-likeness (QED) is 0.794. The SMILES string of the molecule is COc1cccc2c1OC1(CCN(C(C)C)CC1)N1N=C(c3cccnc3)C[C@@H]21. The van der Waals surface area contributed by atoms with Crippen LogP contribution in [0.5, 0.6) is 11.5 Å². The molecule has 0 amide bonds. The molecule has 1 aromatic heterocycles. The largest absolute Gasteiger partial charge is 0.493 e. The zero-order valence-corrected chi connectivity index (χ0v) is 17.3. The van der Waals surface area contributed by atoms with Crippen LogP contribution in [0.25, 0.3) is 0 Å². The standard InChI is InChI=1S/C23H28N4O2/c1-16(2)26-12-9-23(10-13-26)27-20(14-19(25-27)17-6-5-11-24-15-17)18-7-4-8-21(28-3)22(18)29-23/h4-8,11,15-16,20H,9-10,12-14H2,1-3H3/t20-/m0/s1. The Morgan fingerprint density at radius 1 is 1.17 bits per heavy atom. The van der Waals surface area contributed by atoms with Gasteiger partial charge >= 0.3 is 0 Å². The van der Waals surface area contributed by atoms with Crippen LogP contribution in [-0.2, 0) is 0 Å². The fraction of sp³-hybridized carbons (Fsp3) is 0.478. The van der Waals surface area contributed by atoms with E-state index in [9.17, 15) is 0 Å². The highest BCUT2D eigenvalue weighted by atomic mass is 16.5. The molecule has 1 saturated heterocycles. The first-order valence-corrected chi connectivity index (χ1v) is 10.5. The summed E-state index contributed by atoms with van der Waals surface area (Å²) >= 11 is 0. The minimum absolute atomic E-state index is 0.162. The van der Waals surface area contributed by atoms with Crippen molar-refractivity contribution >= 4 is 5.71 Å². The van der Waals surface area contributed by atoms with Crippen LogP contribution in [-0.4, -0.2) is 52.6 Å². The molecule has 0 radical (unpaired) electrons. The van der Waals surface area contributed by atoms with Gasteiger partial charge in [-0.1, -0.05) is 18.2 Å². The molecule has 152 valence electrons. The molecule has 1 fully saturated rings. The van der Waals surface area contributed by atoms with E-state index in [-0.39, 0.29) is 6.04 Å². The van der Waals surface area contributed by atoms with Crippen molar-refractivity contribution in [3.63, 3.8) is 0 Å². The average Bonchev–Trinajstić information content (AvgIpc) is 3.21. The monoisotopic (exact) mass is 392 g/mol. The van der Waals surface area contributed by atoms with Gasteiger partial charge in [-0.15, -0.1) is 0 Å². The topological polar surface area (TPSA) is 50.2 Å². The van der Waals surface area contributed by atoms with Crippen LogP contribution in [0.4, 0.5) is 0 Å². The van der Waals surface area contributed by atoms with Crippen LogP contribution in [0.3, 0.4) is 0 Å². The Morgan fingerprint density at radius 2 is 2.00 bits per heavy atom. The summed E-state index contributed by atoms with van der Waals surface area (Å²) in [6, 6.07) is 10.9. The lowest BCUT2D eigenvalue weighted by Gasteiger charge is -2.51. The smallest absolute Gasteiger partial charge is 0.200 e. The third-order valence-electron chi connectivity index (χ3n) is 6.51. The molecule has 3 aliphatic heterocycles. The van der Waals surface area contributed by atoms with Crippen LogP contribution >= 0.6 is 0 Å². The number of fused-ring (bicyclic) bond motifs is 4. The molecule has 1 atom stereocenters. The highest BCUT2D eigenvalue weighted by molar-refractivity contribution is 6.01. The maximum Gasteiger partial charge on any atom is 0.200 e. The molecular weight excluding hydrogens is 364 g/mol. The van der Waals surface area contributed by atoms with E-state index in [1.165, 1.54) is 0 Å². The summed E-state index contributed by atoms with van der Waals surface area (Å²) in [5.74, 6) is 1.69. The Balaban J connectivity index is 1.57. The molecule has 0 bridgehead atoms. The van der Waals surface area contributed by atoms with Gasteiger partial charge in [0.15, 0.2) is 11.5 Å². The van der Waals surface area contributed by atoms with Crippen molar-refractivity contribution in [1.29, 1.82) is 0 Å². The summed E-state index contributed by atoms with van der Waals surface area (Å²) < 4.78 is 12.4. The van der Waals surface area contributed by atoms with Gasteiger partial charge in [-0.2, -0.15) is 5.10 Å². The Morgan fingerprint density at radius 3 is 2.69 bits per heavy atom. The summed E-state index contributed by atoms with van der Waals surface area (Å²) in [5, 5.41) is 7.35. The summed E-state index contributed by atoms with van der Waals surface area (Å²) in [6.45, 7) is 6.52. The van der Waals surface area contributed by atoms with Crippen molar-refractivity contribution in [1.82, 2.24) is 14.9 Å². The van der Waals surface area contributed by atoms with E-state index in [0.29, 0.717) is 6.04 Å². The van der Waals surface area contributed by atoms with Crippen molar-refractivity contribution in [2.24, 2.45) is 5.10 Å². The van der Waals surface area contributed by atoms with Crippen molar-refractivity contribution in [3.05, 3.63) is 53.9 Å². The van der Waals surface area contributed by atoms with E-state index in [1.54, 1.807) is 13.3 Å². The Kier molecular flexibility index (Phi) is 4.46. The van der Waals surface area contributed by atoms with E-state index in [2.05, 4.69) is 40.9 Å². The van der Waals surface area contributed by atoms with Crippen molar-refractivity contribution in [3.8, 4) is 11.5 Å². The molecular formula is C23H28N4O2. The molecule has 6 nitrogen and oxygen atoms in total. The van der Waals surface area contributed by atoms with Crippen LogP contribution in [0.15, 0.2) is 47.8 Å². The second-order valence-electron chi connectivity index (χ2n) is 8.41. The second kappa shape index (κ2) is 7.02. The summed E-state index contributed by atoms with van der Waals surface area (Å²) in [7, 11) is 1.71. The number of ether oxygens (including phenoxy) is 2. The number of hydrogen-bond acceptors (Lipinski definition) is 6. The van der Waals surface area contributed by atoms with Gasteiger partial charge in [0.2, 0.25) is 5.72 Å². The third-order valence-corrected chi connectivity index (χ3v) is 6.51. The first kappa shape index (κ1) is 18.4. The lowest BCUT2D eigenvalue weighted by Crippen LogP contribution is -2.59.